The topological polar surface area (TPSA) is 90.1 Å². The van der Waals surface area contributed by atoms with E-state index in [9.17, 15) is 13.2 Å². The SMILES string of the molecule is O=Cc1noc(C2CCCCS2(=O)=O)n1. The van der Waals surface area contributed by atoms with Gasteiger partial charge in [-0.2, -0.15) is 4.98 Å². The van der Waals surface area contributed by atoms with E-state index in [2.05, 4.69) is 10.1 Å². The normalized spacial score (nSPS) is 24.9. The molecule has 15 heavy (non-hydrogen) atoms. The number of carbonyl (C=O) groups is 1. The minimum Gasteiger partial charge on any atom is -0.337 e. The van der Waals surface area contributed by atoms with Gasteiger partial charge < -0.3 is 4.52 Å². The second kappa shape index (κ2) is 3.73. The van der Waals surface area contributed by atoms with E-state index in [1.165, 1.54) is 0 Å². The van der Waals surface area contributed by atoms with Crippen LogP contribution in [-0.4, -0.2) is 30.6 Å². The van der Waals surface area contributed by atoms with Crippen molar-refractivity contribution in [1.82, 2.24) is 10.1 Å². The van der Waals surface area contributed by atoms with Crippen LogP contribution in [0.3, 0.4) is 0 Å². The first-order valence-corrected chi connectivity index (χ1v) is 6.35. The quantitative estimate of drug-likeness (QED) is 0.688. The van der Waals surface area contributed by atoms with Crippen molar-refractivity contribution in [2.75, 3.05) is 5.75 Å². The number of aromatic nitrogens is 2. The molecule has 1 aromatic rings. The fourth-order valence-corrected chi connectivity index (χ4v) is 3.48. The molecule has 1 saturated heterocycles. The van der Waals surface area contributed by atoms with Crippen molar-refractivity contribution in [2.45, 2.75) is 24.5 Å². The number of hydrogen-bond acceptors (Lipinski definition) is 6. The van der Waals surface area contributed by atoms with Gasteiger partial charge in [-0.3, -0.25) is 4.79 Å². The van der Waals surface area contributed by atoms with Crippen LogP contribution in [0, 0.1) is 0 Å². The van der Waals surface area contributed by atoms with Crippen LogP contribution in [0.4, 0.5) is 0 Å². The summed E-state index contributed by atoms with van der Waals surface area (Å²) in [5.74, 6) is 0.0822. The van der Waals surface area contributed by atoms with Gasteiger partial charge in [-0.25, -0.2) is 8.42 Å². The van der Waals surface area contributed by atoms with Gasteiger partial charge in [0.2, 0.25) is 11.7 Å². The zero-order valence-electron chi connectivity index (χ0n) is 7.92. The zero-order valence-corrected chi connectivity index (χ0v) is 8.74. The Morgan fingerprint density at radius 2 is 2.20 bits per heavy atom. The molecule has 0 spiro atoms. The lowest BCUT2D eigenvalue weighted by Gasteiger charge is -2.18. The lowest BCUT2D eigenvalue weighted by molar-refractivity contribution is 0.111. The number of hydrogen-bond donors (Lipinski definition) is 0. The number of carbonyl (C=O) groups excluding carboxylic acids is 1. The van der Waals surface area contributed by atoms with Crippen LogP contribution >= 0.6 is 0 Å². The number of nitrogens with zero attached hydrogens (tertiary/aromatic N) is 2. The largest absolute Gasteiger partial charge is 0.337 e. The molecule has 0 amide bonds. The van der Waals surface area contributed by atoms with Gasteiger partial charge in [0, 0.05) is 0 Å². The molecule has 1 atom stereocenters. The summed E-state index contributed by atoms with van der Waals surface area (Å²) in [6.07, 6.45) is 2.42. The maximum Gasteiger partial charge on any atom is 0.245 e. The third-order valence-electron chi connectivity index (χ3n) is 2.42. The Morgan fingerprint density at radius 3 is 2.80 bits per heavy atom. The second-order valence-electron chi connectivity index (χ2n) is 3.46. The maximum absolute atomic E-state index is 11.7. The predicted octanol–water partition coefficient (Wildman–Crippen LogP) is 0.522. The van der Waals surface area contributed by atoms with Crippen LogP contribution in [0.2, 0.25) is 0 Å². The van der Waals surface area contributed by atoms with Crippen LogP contribution in [-0.2, 0) is 9.84 Å². The molecule has 6 nitrogen and oxygen atoms in total. The van der Waals surface area contributed by atoms with Crippen molar-refractivity contribution in [3.8, 4) is 0 Å². The summed E-state index contributed by atoms with van der Waals surface area (Å²) in [4.78, 5) is 14.1. The molecule has 1 aromatic heterocycles. The molecule has 0 aliphatic carbocycles. The third-order valence-corrected chi connectivity index (χ3v) is 4.58. The molecule has 0 aromatic carbocycles. The molecule has 1 unspecified atom stereocenters. The average Bonchev–Trinajstić information content (AvgIpc) is 2.65. The van der Waals surface area contributed by atoms with E-state index in [1.807, 2.05) is 0 Å². The molecule has 0 radical (unpaired) electrons. The van der Waals surface area contributed by atoms with Gasteiger partial charge in [0.05, 0.1) is 5.75 Å². The lowest BCUT2D eigenvalue weighted by atomic mass is 10.2. The predicted molar refractivity (Wildman–Crippen MR) is 50.1 cm³/mol. The summed E-state index contributed by atoms with van der Waals surface area (Å²) in [6, 6.07) is 0. The van der Waals surface area contributed by atoms with Gasteiger partial charge in [0.15, 0.2) is 16.1 Å². The van der Waals surface area contributed by atoms with Gasteiger partial charge in [-0.15, -0.1) is 0 Å². The van der Waals surface area contributed by atoms with Crippen LogP contribution in [0.1, 0.15) is 41.0 Å². The summed E-state index contributed by atoms with van der Waals surface area (Å²) >= 11 is 0. The Labute approximate surface area is 86.6 Å². The van der Waals surface area contributed by atoms with Gasteiger partial charge >= 0.3 is 0 Å². The van der Waals surface area contributed by atoms with Crippen molar-refractivity contribution in [2.24, 2.45) is 0 Å². The van der Waals surface area contributed by atoms with E-state index in [1.54, 1.807) is 0 Å². The fourth-order valence-electron chi connectivity index (χ4n) is 1.66. The molecular weight excluding hydrogens is 220 g/mol. The Morgan fingerprint density at radius 1 is 1.40 bits per heavy atom. The molecule has 1 fully saturated rings. The van der Waals surface area contributed by atoms with Crippen LogP contribution in [0.25, 0.3) is 0 Å². The maximum atomic E-state index is 11.7. The molecule has 2 heterocycles. The number of rotatable bonds is 2. The van der Waals surface area contributed by atoms with E-state index in [-0.39, 0.29) is 17.5 Å². The highest BCUT2D eigenvalue weighted by molar-refractivity contribution is 7.91. The average molecular weight is 230 g/mol. The third kappa shape index (κ3) is 1.92. The molecular formula is C8H10N2O4S. The number of aldehydes is 1. The van der Waals surface area contributed by atoms with Gasteiger partial charge in [0.25, 0.3) is 0 Å². The minimum atomic E-state index is -3.18. The first kappa shape index (κ1) is 10.3. The van der Waals surface area contributed by atoms with Crippen molar-refractivity contribution < 1.29 is 17.7 Å². The molecule has 82 valence electrons. The smallest absolute Gasteiger partial charge is 0.245 e. The molecule has 7 heteroatoms. The van der Waals surface area contributed by atoms with E-state index in [0.717, 1.165) is 6.42 Å². The summed E-state index contributed by atoms with van der Waals surface area (Å²) in [6.45, 7) is 0. The summed E-state index contributed by atoms with van der Waals surface area (Å²) in [5.41, 5.74) is 0. The highest BCUT2D eigenvalue weighted by Gasteiger charge is 2.34. The molecule has 0 N–H and O–H groups in total. The molecule has 2 rings (SSSR count). The minimum absolute atomic E-state index is 0.0387. The van der Waals surface area contributed by atoms with Crippen molar-refractivity contribution in [1.29, 1.82) is 0 Å². The van der Waals surface area contributed by atoms with E-state index >= 15 is 0 Å². The second-order valence-corrected chi connectivity index (χ2v) is 5.76. The Kier molecular flexibility index (Phi) is 2.56. The van der Waals surface area contributed by atoms with E-state index < -0.39 is 15.1 Å². The summed E-state index contributed by atoms with van der Waals surface area (Å²) < 4.78 is 28.1. The monoisotopic (exact) mass is 230 g/mol. The van der Waals surface area contributed by atoms with Crippen LogP contribution in [0.5, 0.6) is 0 Å². The molecule has 1 aliphatic heterocycles. The Balaban J connectivity index is 2.32. The van der Waals surface area contributed by atoms with Crippen molar-refractivity contribution >= 4 is 16.1 Å². The van der Waals surface area contributed by atoms with Gasteiger partial charge in [-0.1, -0.05) is 11.6 Å². The van der Waals surface area contributed by atoms with E-state index in [4.69, 9.17) is 4.52 Å². The highest BCUT2D eigenvalue weighted by atomic mass is 32.2. The first-order chi connectivity index (χ1) is 7.13. The first-order valence-electron chi connectivity index (χ1n) is 4.64. The zero-order chi connectivity index (χ0) is 10.9. The number of sulfone groups is 1. The standard InChI is InChI=1S/C8H10N2O4S/c11-5-7-9-8(14-10-7)6-3-1-2-4-15(6,12)13/h5-6H,1-4H2. The molecule has 1 aliphatic rings. The Hall–Kier alpha value is -1.24. The van der Waals surface area contributed by atoms with Crippen LogP contribution < -0.4 is 0 Å². The summed E-state index contributed by atoms with van der Waals surface area (Å²) in [5, 5.41) is 2.63. The van der Waals surface area contributed by atoms with Crippen molar-refractivity contribution in [3.05, 3.63) is 11.7 Å². The van der Waals surface area contributed by atoms with Crippen LogP contribution in [0.15, 0.2) is 4.52 Å². The fraction of sp³-hybridized carbons (Fsp3) is 0.625. The molecule has 0 saturated carbocycles. The highest BCUT2D eigenvalue weighted by Crippen LogP contribution is 2.31. The van der Waals surface area contributed by atoms with Gasteiger partial charge in [-0.05, 0) is 12.8 Å². The summed E-state index contributed by atoms with van der Waals surface area (Å²) in [7, 11) is -3.18. The van der Waals surface area contributed by atoms with E-state index in [0.29, 0.717) is 19.1 Å². The molecule has 0 bridgehead atoms. The lowest BCUT2D eigenvalue weighted by Crippen LogP contribution is -2.21. The van der Waals surface area contributed by atoms with Gasteiger partial charge in [0.1, 0.15) is 5.25 Å². The Bertz CT molecular complexity index is 465. The van der Waals surface area contributed by atoms with Crippen molar-refractivity contribution in [3.63, 3.8) is 0 Å².